The summed E-state index contributed by atoms with van der Waals surface area (Å²) in [6.07, 6.45) is 3.17. The Kier molecular flexibility index (Phi) is 4.48. The van der Waals surface area contributed by atoms with Crippen molar-refractivity contribution in [1.82, 2.24) is 4.31 Å². The smallest absolute Gasteiger partial charge is 0.244 e. The van der Waals surface area contributed by atoms with Crippen molar-refractivity contribution in [2.75, 3.05) is 19.7 Å². The summed E-state index contributed by atoms with van der Waals surface area (Å²) >= 11 is 11.9. The topological polar surface area (TPSA) is 46.6 Å². The molecule has 21 heavy (non-hydrogen) atoms. The highest BCUT2D eigenvalue weighted by Gasteiger charge is 2.35. The molecule has 1 heterocycles. The van der Waals surface area contributed by atoms with Crippen molar-refractivity contribution >= 4 is 33.2 Å². The van der Waals surface area contributed by atoms with Crippen LogP contribution in [0.2, 0.25) is 10.0 Å². The Labute approximate surface area is 135 Å². The van der Waals surface area contributed by atoms with Gasteiger partial charge < -0.3 is 4.74 Å². The summed E-state index contributed by atoms with van der Waals surface area (Å²) in [6, 6.07) is 4.49. The second-order valence-corrected chi connectivity index (χ2v) is 8.38. The van der Waals surface area contributed by atoms with Crippen molar-refractivity contribution in [2.24, 2.45) is 5.92 Å². The fraction of sp³-hybridized carbons (Fsp3) is 0.571. The average molecular weight is 350 g/mol. The number of rotatable bonds is 5. The molecule has 1 aromatic carbocycles. The molecule has 0 N–H and O–H groups in total. The fourth-order valence-electron chi connectivity index (χ4n) is 2.42. The zero-order valence-corrected chi connectivity index (χ0v) is 13.8. The SMILES string of the molecule is O=S(=O)(c1cc(Cl)ccc1Cl)N1CC[C@H](OCC2CC2)C1. The lowest BCUT2D eigenvalue weighted by molar-refractivity contribution is 0.0561. The minimum atomic E-state index is -3.61. The molecule has 0 amide bonds. The molecule has 0 spiro atoms. The monoisotopic (exact) mass is 349 g/mol. The van der Waals surface area contributed by atoms with Gasteiger partial charge in [-0.3, -0.25) is 0 Å². The van der Waals surface area contributed by atoms with Crippen LogP contribution >= 0.6 is 23.2 Å². The van der Waals surface area contributed by atoms with Crippen LogP contribution in [0.15, 0.2) is 23.1 Å². The number of ether oxygens (including phenoxy) is 1. The number of hydrogen-bond donors (Lipinski definition) is 0. The van der Waals surface area contributed by atoms with E-state index in [1.165, 1.54) is 29.3 Å². The van der Waals surface area contributed by atoms with E-state index in [0.29, 0.717) is 24.0 Å². The highest BCUT2D eigenvalue weighted by Crippen LogP contribution is 2.32. The third kappa shape index (κ3) is 3.54. The van der Waals surface area contributed by atoms with Crippen LogP contribution in [0.5, 0.6) is 0 Å². The van der Waals surface area contributed by atoms with E-state index in [1.807, 2.05) is 0 Å². The Bertz CT molecular complexity index is 631. The largest absolute Gasteiger partial charge is 0.377 e. The van der Waals surface area contributed by atoms with Crippen LogP contribution in [-0.4, -0.2) is 38.5 Å². The predicted molar refractivity (Wildman–Crippen MR) is 82.3 cm³/mol. The van der Waals surface area contributed by atoms with E-state index in [2.05, 4.69) is 0 Å². The van der Waals surface area contributed by atoms with Gasteiger partial charge in [-0.25, -0.2) is 8.42 Å². The molecule has 2 aliphatic rings. The maximum absolute atomic E-state index is 12.6. The Morgan fingerprint density at radius 3 is 2.71 bits per heavy atom. The van der Waals surface area contributed by atoms with Gasteiger partial charge in [-0.05, 0) is 43.4 Å². The first kappa shape index (κ1) is 15.6. The molecular formula is C14H17Cl2NO3S. The van der Waals surface area contributed by atoms with E-state index in [0.717, 1.165) is 13.0 Å². The zero-order valence-electron chi connectivity index (χ0n) is 11.5. The van der Waals surface area contributed by atoms with E-state index in [-0.39, 0.29) is 16.0 Å². The molecular weight excluding hydrogens is 333 g/mol. The van der Waals surface area contributed by atoms with Crippen molar-refractivity contribution in [1.29, 1.82) is 0 Å². The summed E-state index contributed by atoms with van der Waals surface area (Å²) in [5, 5.41) is 0.556. The van der Waals surface area contributed by atoms with Crippen LogP contribution in [0, 0.1) is 5.92 Å². The zero-order chi connectivity index (χ0) is 15.0. The summed E-state index contributed by atoms with van der Waals surface area (Å²) < 4.78 is 32.5. The standard InChI is InChI=1S/C14H17Cl2NO3S/c15-11-3-4-13(16)14(7-11)21(18,19)17-6-5-12(8-17)20-9-10-1-2-10/h3-4,7,10,12H,1-2,5-6,8-9H2/t12-/m0/s1. The number of sulfonamides is 1. The first-order chi connectivity index (χ1) is 9.96. The quantitative estimate of drug-likeness (QED) is 0.819. The van der Waals surface area contributed by atoms with Gasteiger partial charge in [-0.2, -0.15) is 4.31 Å². The molecule has 2 fully saturated rings. The summed E-state index contributed by atoms with van der Waals surface area (Å²) in [4.78, 5) is 0.0690. The third-order valence-corrected chi connectivity index (χ3v) is 6.47. The first-order valence-corrected chi connectivity index (χ1v) is 9.23. The first-order valence-electron chi connectivity index (χ1n) is 7.03. The molecule has 4 nitrogen and oxygen atoms in total. The van der Waals surface area contributed by atoms with Crippen molar-refractivity contribution in [3.05, 3.63) is 28.2 Å². The minimum absolute atomic E-state index is 0.0154. The van der Waals surface area contributed by atoms with Gasteiger partial charge in [-0.15, -0.1) is 0 Å². The number of benzene rings is 1. The Morgan fingerprint density at radius 1 is 1.24 bits per heavy atom. The highest BCUT2D eigenvalue weighted by atomic mass is 35.5. The minimum Gasteiger partial charge on any atom is -0.377 e. The van der Waals surface area contributed by atoms with E-state index in [4.69, 9.17) is 27.9 Å². The van der Waals surface area contributed by atoms with Crippen LogP contribution in [0.3, 0.4) is 0 Å². The maximum Gasteiger partial charge on any atom is 0.244 e. The molecule has 1 atom stereocenters. The molecule has 1 aromatic rings. The average Bonchev–Trinajstić information content (AvgIpc) is 3.15. The predicted octanol–water partition coefficient (Wildman–Crippen LogP) is 3.18. The van der Waals surface area contributed by atoms with Crippen molar-refractivity contribution in [3.63, 3.8) is 0 Å². The van der Waals surface area contributed by atoms with Crippen LogP contribution in [0.4, 0.5) is 0 Å². The lowest BCUT2D eigenvalue weighted by atomic mass is 10.3. The second-order valence-electron chi connectivity index (χ2n) is 5.63. The van der Waals surface area contributed by atoms with E-state index >= 15 is 0 Å². The third-order valence-electron chi connectivity index (χ3n) is 3.88. The van der Waals surface area contributed by atoms with E-state index < -0.39 is 10.0 Å². The van der Waals surface area contributed by atoms with Gasteiger partial charge in [0.1, 0.15) is 4.90 Å². The van der Waals surface area contributed by atoms with Crippen LogP contribution < -0.4 is 0 Å². The van der Waals surface area contributed by atoms with E-state index in [1.54, 1.807) is 6.07 Å². The van der Waals surface area contributed by atoms with Crippen molar-refractivity contribution in [3.8, 4) is 0 Å². The molecule has 1 aliphatic heterocycles. The van der Waals surface area contributed by atoms with Crippen LogP contribution in [0.1, 0.15) is 19.3 Å². The Balaban J connectivity index is 1.71. The van der Waals surface area contributed by atoms with Gasteiger partial charge in [0.25, 0.3) is 0 Å². The van der Waals surface area contributed by atoms with Crippen molar-refractivity contribution < 1.29 is 13.2 Å². The lowest BCUT2D eigenvalue weighted by Crippen LogP contribution is -2.30. The van der Waals surface area contributed by atoms with Crippen molar-refractivity contribution in [2.45, 2.75) is 30.3 Å². The fourth-order valence-corrected chi connectivity index (χ4v) is 4.65. The normalized spacial score (nSPS) is 23.6. The number of nitrogens with zero attached hydrogens (tertiary/aromatic N) is 1. The van der Waals surface area contributed by atoms with Gasteiger partial charge in [0, 0.05) is 24.7 Å². The second kappa shape index (κ2) is 6.05. The summed E-state index contributed by atoms with van der Waals surface area (Å²) in [6.45, 7) is 1.59. The summed E-state index contributed by atoms with van der Waals surface area (Å²) in [7, 11) is -3.61. The molecule has 0 radical (unpaired) electrons. The van der Waals surface area contributed by atoms with Gasteiger partial charge in [0.2, 0.25) is 10.0 Å². The van der Waals surface area contributed by atoms with Crippen LogP contribution in [-0.2, 0) is 14.8 Å². The maximum atomic E-state index is 12.6. The Morgan fingerprint density at radius 2 is 2.00 bits per heavy atom. The number of hydrogen-bond acceptors (Lipinski definition) is 3. The van der Waals surface area contributed by atoms with Gasteiger partial charge in [0.15, 0.2) is 0 Å². The lowest BCUT2D eigenvalue weighted by Gasteiger charge is -2.17. The molecule has 3 rings (SSSR count). The number of halogens is 2. The molecule has 1 aliphatic carbocycles. The molecule has 1 saturated heterocycles. The summed E-state index contributed by atoms with van der Waals surface area (Å²) in [5.41, 5.74) is 0. The molecule has 116 valence electrons. The Hall–Kier alpha value is -0.330. The molecule has 0 unspecified atom stereocenters. The van der Waals surface area contributed by atoms with Gasteiger partial charge in [0.05, 0.1) is 11.1 Å². The van der Waals surface area contributed by atoms with E-state index in [9.17, 15) is 8.42 Å². The molecule has 0 bridgehead atoms. The molecule has 7 heteroatoms. The molecule has 0 aromatic heterocycles. The molecule has 1 saturated carbocycles. The summed E-state index contributed by atoms with van der Waals surface area (Å²) in [5.74, 6) is 0.679. The highest BCUT2D eigenvalue weighted by molar-refractivity contribution is 7.89. The van der Waals surface area contributed by atoms with Crippen LogP contribution in [0.25, 0.3) is 0 Å². The van der Waals surface area contributed by atoms with Gasteiger partial charge >= 0.3 is 0 Å². The van der Waals surface area contributed by atoms with Gasteiger partial charge in [-0.1, -0.05) is 23.2 Å².